The molecule has 0 unspecified atom stereocenters. The quantitative estimate of drug-likeness (QED) is 0.765. The number of allylic oxidation sites excluding steroid dienone is 1. The van der Waals surface area contributed by atoms with Crippen molar-refractivity contribution in [1.82, 2.24) is 5.32 Å². The first kappa shape index (κ1) is 11.2. The zero-order chi connectivity index (χ0) is 11.4. The number of benzene rings is 1. The van der Waals surface area contributed by atoms with Gasteiger partial charge in [-0.3, -0.25) is 9.59 Å². The zero-order valence-corrected chi connectivity index (χ0v) is 8.83. The van der Waals surface area contributed by atoms with Crippen LogP contribution in [-0.4, -0.2) is 11.7 Å². The highest BCUT2D eigenvalue weighted by atomic mass is 16.1. The van der Waals surface area contributed by atoms with Gasteiger partial charge < -0.3 is 5.32 Å². The summed E-state index contributed by atoms with van der Waals surface area (Å²) in [5.74, 6) is -0.223. The highest BCUT2D eigenvalue weighted by Gasteiger charge is 2.05. The van der Waals surface area contributed by atoms with E-state index in [2.05, 4.69) is 11.9 Å². The fraction of sp³-hybridized carbons (Fsp3) is 0.167. The van der Waals surface area contributed by atoms with Gasteiger partial charge in [-0.25, -0.2) is 0 Å². The van der Waals surface area contributed by atoms with E-state index in [1.54, 1.807) is 31.2 Å². The second-order valence-corrected chi connectivity index (χ2v) is 3.37. The van der Waals surface area contributed by atoms with Crippen LogP contribution in [0.25, 0.3) is 0 Å². The Morgan fingerprint density at radius 3 is 1.93 bits per heavy atom. The maximum atomic E-state index is 11.5. The third-order valence-electron chi connectivity index (χ3n) is 1.88. The van der Waals surface area contributed by atoms with Gasteiger partial charge in [-0.1, -0.05) is 18.7 Å². The lowest BCUT2D eigenvalue weighted by Crippen LogP contribution is -2.20. The zero-order valence-electron chi connectivity index (χ0n) is 8.83. The van der Waals surface area contributed by atoms with E-state index < -0.39 is 0 Å². The summed E-state index contributed by atoms with van der Waals surface area (Å²) >= 11 is 0. The van der Waals surface area contributed by atoms with Gasteiger partial charge in [-0.15, -0.1) is 0 Å². The van der Waals surface area contributed by atoms with E-state index in [-0.39, 0.29) is 11.7 Å². The monoisotopic (exact) mass is 203 g/mol. The lowest BCUT2D eigenvalue weighted by atomic mass is 10.1. The van der Waals surface area contributed by atoms with E-state index in [4.69, 9.17) is 0 Å². The molecule has 0 fully saturated rings. The van der Waals surface area contributed by atoms with Crippen molar-refractivity contribution in [2.45, 2.75) is 13.8 Å². The predicted molar refractivity (Wildman–Crippen MR) is 58.7 cm³/mol. The molecule has 0 saturated heterocycles. The number of carbonyl (C=O) groups excluding carboxylic acids is 2. The minimum atomic E-state index is -0.211. The van der Waals surface area contributed by atoms with Gasteiger partial charge in [-0.2, -0.15) is 0 Å². The van der Waals surface area contributed by atoms with Crippen LogP contribution >= 0.6 is 0 Å². The minimum absolute atomic E-state index is 0.0122. The van der Waals surface area contributed by atoms with Crippen molar-refractivity contribution in [3.8, 4) is 0 Å². The number of hydrogen-bond donors (Lipinski definition) is 1. The number of nitrogens with one attached hydrogen (secondary N) is 1. The Kier molecular flexibility index (Phi) is 3.39. The van der Waals surface area contributed by atoms with Crippen molar-refractivity contribution in [2.75, 3.05) is 0 Å². The van der Waals surface area contributed by atoms with Gasteiger partial charge in [0.1, 0.15) is 0 Å². The number of ketones is 1. The average Bonchev–Trinajstić information content (AvgIpc) is 2.17. The molecule has 0 aliphatic rings. The molecule has 0 spiro atoms. The summed E-state index contributed by atoms with van der Waals surface area (Å²) in [6, 6.07) is 6.51. The Morgan fingerprint density at radius 2 is 1.53 bits per heavy atom. The Labute approximate surface area is 88.8 Å². The molecule has 0 radical (unpaired) electrons. The van der Waals surface area contributed by atoms with Gasteiger partial charge in [0.15, 0.2) is 5.78 Å². The summed E-state index contributed by atoms with van der Waals surface area (Å²) in [6.45, 7) is 6.78. The molecule has 0 aliphatic carbocycles. The summed E-state index contributed by atoms with van der Waals surface area (Å²) in [4.78, 5) is 22.5. The molecule has 0 atom stereocenters. The summed E-state index contributed by atoms with van der Waals surface area (Å²) in [5, 5.41) is 2.59. The van der Waals surface area contributed by atoms with E-state index in [1.165, 1.54) is 6.92 Å². The molecule has 78 valence electrons. The van der Waals surface area contributed by atoms with Crippen LogP contribution < -0.4 is 5.32 Å². The second kappa shape index (κ2) is 4.55. The third-order valence-corrected chi connectivity index (χ3v) is 1.88. The highest BCUT2D eigenvalue weighted by Crippen LogP contribution is 2.05. The van der Waals surface area contributed by atoms with Crippen molar-refractivity contribution in [3.63, 3.8) is 0 Å². The van der Waals surface area contributed by atoms with Gasteiger partial charge in [0.05, 0.1) is 0 Å². The predicted octanol–water partition coefficient (Wildman–Crippen LogP) is 2.15. The normalized spacial score (nSPS) is 9.47. The maximum absolute atomic E-state index is 11.5. The second-order valence-electron chi connectivity index (χ2n) is 3.37. The molecule has 15 heavy (non-hydrogen) atoms. The SMILES string of the molecule is C=C(C)NC(=O)c1ccc(C(C)=O)cc1. The molecule has 1 amide bonds. The van der Waals surface area contributed by atoms with Crippen molar-refractivity contribution in [2.24, 2.45) is 0 Å². The number of rotatable bonds is 3. The molecule has 0 bridgehead atoms. The largest absolute Gasteiger partial charge is 0.327 e. The van der Waals surface area contributed by atoms with E-state index >= 15 is 0 Å². The average molecular weight is 203 g/mol. The molecule has 1 rings (SSSR count). The van der Waals surface area contributed by atoms with E-state index in [9.17, 15) is 9.59 Å². The van der Waals surface area contributed by atoms with Crippen molar-refractivity contribution < 1.29 is 9.59 Å². The van der Waals surface area contributed by atoms with Crippen LogP contribution in [0.3, 0.4) is 0 Å². The number of Topliss-reactive ketones (excluding diaryl/α,β-unsaturated/α-hetero) is 1. The molecule has 3 heteroatoms. The number of hydrogen-bond acceptors (Lipinski definition) is 2. The van der Waals surface area contributed by atoms with Gasteiger partial charge in [0.2, 0.25) is 0 Å². The van der Waals surface area contributed by atoms with Crippen LogP contribution in [0.15, 0.2) is 36.5 Å². The topological polar surface area (TPSA) is 46.2 Å². The van der Waals surface area contributed by atoms with E-state index in [0.717, 1.165) is 0 Å². The van der Waals surface area contributed by atoms with Crippen LogP contribution in [0.2, 0.25) is 0 Å². The smallest absolute Gasteiger partial charge is 0.255 e. The summed E-state index contributed by atoms with van der Waals surface area (Å²) in [7, 11) is 0. The van der Waals surface area contributed by atoms with Crippen molar-refractivity contribution >= 4 is 11.7 Å². The van der Waals surface area contributed by atoms with Crippen LogP contribution in [0.4, 0.5) is 0 Å². The molecule has 0 aliphatic heterocycles. The fourth-order valence-electron chi connectivity index (χ4n) is 1.12. The molecule has 1 aromatic rings. The van der Waals surface area contributed by atoms with Gasteiger partial charge in [-0.05, 0) is 26.0 Å². The van der Waals surface area contributed by atoms with Crippen LogP contribution in [0.5, 0.6) is 0 Å². The molecule has 0 saturated carbocycles. The molecule has 0 aromatic heterocycles. The Bertz CT molecular complexity index is 404. The van der Waals surface area contributed by atoms with Gasteiger partial charge >= 0.3 is 0 Å². The minimum Gasteiger partial charge on any atom is -0.327 e. The Balaban J connectivity index is 2.84. The van der Waals surface area contributed by atoms with Gasteiger partial charge in [0.25, 0.3) is 5.91 Å². The van der Waals surface area contributed by atoms with Crippen LogP contribution in [0.1, 0.15) is 34.6 Å². The number of amides is 1. The first-order valence-corrected chi connectivity index (χ1v) is 4.58. The van der Waals surface area contributed by atoms with Gasteiger partial charge in [0, 0.05) is 16.8 Å². The molecule has 1 N–H and O–H groups in total. The standard InChI is InChI=1S/C12H13NO2/c1-8(2)13-12(15)11-6-4-10(5-7-11)9(3)14/h4-7H,1H2,2-3H3,(H,13,15). The van der Waals surface area contributed by atoms with Crippen LogP contribution in [-0.2, 0) is 0 Å². The lowest BCUT2D eigenvalue weighted by Gasteiger charge is -2.04. The van der Waals surface area contributed by atoms with E-state index in [1.807, 2.05) is 0 Å². The first-order valence-electron chi connectivity index (χ1n) is 4.58. The fourth-order valence-corrected chi connectivity index (χ4v) is 1.12. The third kappa shape index (κ3) is 3.06. The highest BCUT2D eigenvalue weighted by molar-refractivity contribution is 5.98. The molecular weight excluding hydrogens is 190 g/mol. The molecule has 3 nitrogen and oxygen atoms in total. The summed E-state index contributed by atoms with van der Waals surface area (Å²) in [6.07, 6.45) is 0. The lowest BCUT2D eigenvalue weighted by molar-refractivity contribution is 0.0963. The first-order chi connectivity index (χ1) is 7.00. The van der Waals surface area contributed by atoms with Crippen molar-refractivity contribution in [3.05, 3.63) is 47.7 Å². The maximum Gasteiger partial charge on any atom is 0.255 e. The molecule has 1 aromatic carbocycles. The Hall–Kier alpha value is -1.90. The summed E-state index contributed by atoms with van der Waals surface area (Å²) < 4.78 is 0. The Morgan fingerprint density at radius 1 is 1.07 bits per heavy atom. The molecule has 0 heterocycles. The van der Waals surface area contributed by atoms with Crippen molar-refractivity contribution in [1.29, 1.82) is 0 Å². The van der Waals surface area contributed by atoms with Crippen LogP contribution in [0, 0.1) is 0 Å². The molecular formula is C12H13NO2. The number of carbonyl (C=O) groups is 2. The summed E-state index contributed by atoms with van der Waals surface area (Å²) in [5.41, 5.74) is 1.71. The van der Waals surface area contributed by atoms with E-state index in [0.29, 0.717) is 16.8 Å².